The van der Waals surface area contributed by atoms with Crippen LogP contribution in [0.4, 0.5) is 22.7 Å². The highest BCUT2D eigenvalue weighted by atomic mass is 32.2. The molecule has 0 amide bonds. The molecule has 0 aromatic heterocycles. The number of rotatable bonds is 10. The molecule has 2 aromatic carbocycles. The van der Waals surface area contributed by atoms with Crippen LogP contribution in [0.5, 0.6) is 0 Å². The van der Waals surface area contributed by atoms with E-state index in [1.165, 1.54) is 0 Å². The van der Waals surface area contributed by atoms with Crippen LogP contribution in [0, 0.1) is 28.6 Å². The van der Waals surface area contributed by atoms with Crippen LogP contribution in [-0.4, -0.2) is 44.5 Å². The van der Waals surface area contributed by atoms with Gasteiger partial charge in [-0.3, -0.25) is 4.55 Å². The monoisotopic (exact) mass is 546 g/mol. The van der Waals surface area contributed by atoms with Crippen LogP contribution >= 0.6 is 0 Å². The molecule has 10 heteroatoms. The fraction of sp³-hybridized carbons (Fsp3) is 0.379. The maximum absolute atomic E-state index is 11.2. The van der Waals surface area contributed by atoms with Gasteiger partial charge in [0, 0.05) is 25.6 Å². The molecule has 0 aliphatic carbocycles. The summed E-state index contributed by atoms with van der Waals surface area (Å²) in [5, 5.41) is 22.3. The van der Waals surface area contributed by atoms with Crippen LogP contribution in [0.1, 0.15) is 44.7 Å². The highest BCUT2D eigenvalue weighted by Crippen LogP contribution is 2.42. The fourth-order valence-electron chi connectivity index (χ4n) is 5.29. The van der Waals surface area contributed by atoms with Crippen molar-refractivity contribution in [3.05, 3.63) is 71.6 Å². The van der Waals surface area contributed by atoms with Gasteiger partial charge in [-0.2, -0.15) is 18.9 Å². The van der Waals surface area contributed by atoms with E-state index in [9.17, 15) is 18.9 Å². The van der Waals surface area contributed by atoms with E-state index in [0.29, 0.717) is 30.5 Å². The van der Waals surface area contributed by atoms with Crippen molar-refractivity contribution in [2.45, 2.75) is 39.8 Å². The van der Waals surface area contributed by atoms with E-state index in [1.54, 1.807) is 6.07 Å². The lowest BCUT2D eigenvalue weighted by Gasteiger charge is -2.30. The lowest BCUT2D eigenvalue weighted by atomic mass is 10.1. The first-order valence-corrected chi connectivity index (χ1v) is 14.8. The summed E-state index contributed by atoms with van der Waals surface area (Å²) >= 11 is 0. The van der Waals surface area contributed by atoms with Crippen molar-refractivity contribution < 1.29 is 13.0 Å². The molecule has 0 saturated carbocycles. The summed E-state index contributed by atoms with van der Waals surface area (Å²) in [7, 11) is -4.00. The first kappa shape index (κ1) is 28.0. The SMILES string of the molecule is CCN1/C(=C/C=C/C(C)C2Nc3ccc(C#N)cc3N2CCCCS(=O)(=O)O)N(CC)c2cc(C#N)ccc21. The van der Waals surface area contributed by atoms with E-state index in [-0.39, 0.29) is 17.8 Å². The third-order valence-electron chi connectivity index (χ3n) is 7.16. The summed E-state index contributed by atoms with van der Waals surface area (Å²) in [4.78, 5) is 6.63. The van der Waals surface area contributed by atoms with Crippen LogP contribution in [0.2, 0.25) is 0 Å². The van der Waals surface area contributed by atoms with Gasteiger partial charge in [0.2, 0.25) is 0 Å². The lowest BCUT2D eigenvalue weighted by Crippen LogP contribution is -2.41. The van der Waals surface area contributed by atoms with Gasteiger partial charge in [-0.1, -0.05) is 19.1 Å². The van der Waals surface area contributed by atoms with E-state index in [4.69, 9.17) is 4.55 Å². The molecule has 9 nitrogen and oxygen atoms in total. The van der Waals surface area contributed by atoms with Gasteiger partial charge in [-0.15, -0.1) is 0 Å². The van der Waals surface area contributed by atoms with Crippen molar-refractivity contribution in [1.29, 1.82) is 10.5 Å². The highest BCUT2D eigenvalue weighted by Gasteiger charge is 2.32. The molecule has 0 bridgehead atoms. The average Bonchev–Trinajstić information content (AvgIpc) is 3.43. The van der Waals surface area contributed by atoms with Gasteiger partial charge in [-0.25, -0.2) is 0 Å². The summed E-state index contributed by atoms with van der Waals surface area (Å²) in [6.07, 6.45) is 7.14. The number of nitrogens with zero attached hydrogens (tertiary/aromatic N) is 5. The maximum Gasteiger partial charge on any atom is 0.264 e. The minimum atomic E-state index is -4.00. The van der Waals surface area contributed by atoms with Gasteiger partial charge in [0.1, 0.15) is 12.0 Å². The minimum Gasteiger partial charge on any atom is -0.363 e. The number of allylic oxidation sites excluding steroid dienone is 2. The number of hydrogen-bond acceptors (Lipinski definition) is 8. The molecule has 4 rings (SSSR count). The molecule has 39 heavy (non-hydrogen) atoms. The second-order valence-electron chi connectivity index (χ2n) is 9.69. The number of nitriles is 2. The third kappa shape index (κ3) is 6.03. The number of unbranched alkanes of at least 4 members (excludes halogenated alkanes) is 1. The molecule has 2 aliphatic rings. The van der Waals surface area contributed by atoms with Gasteiger partial charge >= 0.3 is 0 Å². The van der Waals surface area contributed by atoms with Crippen molar-refractivity contribution in [1.82, 2.24) is 0 Å². The average molecular weight is 547 g/mol. The molecular formula is C29H34N6O3S. The Balaban J connectivity index is 1.55. The molecule has 2 atom stereocenters. The molecular weight excluding hydrogens is 512 g/mol. The van der Waals surface area contributed by atoms with Gasteiger partial charge in [-0.05, 0) is 69.2 Å². The summed E-state index contributed by atoms with van der Waals surface area (Å²) in [5.74, 6) is 0.852. The van der Waals surface area contributed by atoms with Crippen molar-refractivity contribution in [3.63, 3.8) is 0 Å². The Bertz CT molecular complexity index is 1470. The van der Waals surface area contributed by atoms with Gasteiger partial charge in [0.25, 0.3) is 10.1 Å². The molecule has 204 valence electrons. The zero-order valence-electron chi connectivity index (χ0n) is 22.5. The van der Waals surface area contributed by atoms with Crippen molar-refractivity contribution in [2.75, 3.05) is 45.4 Å². The number of benzene rings is 2. The zero-order valence-corrected chi connectivity index (χ0v) is 23.3. The topological polar surface area (TPSA) is 124 Å². The van der Waals surface area contributed by atoms with Crippen LogP contribution < -0.4 is 20.0 Å². The second-order valence-corrected chi connectivity index (χ2v) is 11.3. The molecule has 2 aromatic rings. The smallest absolute Gasteiger partial charge is 0.264 e. The van der Waals surface area contributed by atoms with E-state index >= 15 is 0 Å². The lowest BCUT2D eigenvalue weighted by molar-refractivity contribution is 0.478. The molecule has 2 heterocycles. The van der Waals surface area contributed by atoms with E-state index in [0.717, 1.165) is 41.7 Å². The standard InChI is InChI=1S/C29H34N6O3S/c1-4-33-25-14-12-23(20-31)18-27(25)34(5-2)28(33)10-8-9-21(3)29-32-24-13-11-22(19-30)17-26(24)35(29)15-6-7-16-39(36,37)38/h8-14,17-18,21,29,32H,4-7,15-16H2,1-3H3,(H,36,37,38)/b9-8+,28-10-. The Labute approximate surface area is 231 Å². The van der Waals surface area contributed by atoms with Gasteiger partial charge in [0.15, 0.2) is 0 Å². The first-order chi connectivity index (χ1) is 18.7. The van der Waals surface area contributed by atoms with Crippen LogP contribution in [0.25, 0.3) is 0 Å². The van der Waals surface area contributed by atoms with Gasteiger partial charge in [0.05, 0.1) is 51.8 Å². The molecule has 2 N–H and O–H groups in total. The van der Waals surface area contributed by atoms with E-state index in [1.807, 2.05) is 30.3 Å². The molecule has 2 aliphatic heterocycles. The Morgan fingerprint density at radius 1 is 1.00 bits per heavy atom. The summed E-state index contributed by atoms with van der Waals surface area (Å²) in [5.41, 5.74) is 5.16. The van der Waals surface area contributed by atoms with Crippen LogP contribution in [-0.2, 0) is 10.1 Å². The molecule has 0 saturated heterocycles. The third-order valence-corrected chi connectivity index (χ3v) is 7.96. The van der Waals surface area contributed by atoms with Gasteiger partial charge < -0.3 is 20.0 Å². The number of fused-ring (bicyclic) bond motifs is 2. The van der Waals surface area contributed by atoms with Crippen LogP contribution in [0.3, 0.4) is 0 Å². The maximum atomic E-state index is 11.2. The fourth-order valence-corrected chi connectivity index (χ4v) is 5.86. The Morgan fingerprint density at radius 3 is 2.28 bits per heavy atom. The van der Waals surface area contributed by atoms with Crippen molar-refractivity contribution in [2.24, 2.45) is 5.92 Å². The Kier molecular flexibility index (Phi) is 8.49. The van der Waals surface area contributed by atoms with E-state index < -0.39 is 10.1 Å². The summed E-state index contributed by atoms with van der Waals surface area (Å²) in [6, 6.07) is 15.8. The molecule has 0 spiro atoms. The zero-order chi connectivity index (χ0) is 28.2. The molecule has 0 radical (unpaired) electrons. The van der Waals surface area contributed by atoms with Crippen molar-refractivity contribution >= 4 is 32.9 Å². The Hall–Kier alpha value is -3.99. The second kappa shape index (κ2) is 11.8. The highest BCUT2D eigenvalue weighted by molar-refractivity contribution is 7.85. The normalized spacial score (nSPS) is 18.2. The minimum absolute atomic E-state index is 0.0699. The summed E-state index contributed by atoms with van der Waals surface area (Å²) in [6.45, 7) is 8.47. The first-order valence-electron chi connectivity index (χ1n) is 13.2. The number of nitrogens with one attached hydrogen (secondary N) is 1. The number of anilines is 4. The van der Waals surface area contributed by atoms with E-state index in [2.05, 4.69) is 71.2 Å². The number of hydrogen-bond donors (Lipinski definition) is 2. The predicted octanol–water partition coefficient (Wildman–Crippen LogP) is 5.06. The largest absolute Gasteiger partial charge is 0.363 e. The van der Waals surface area contributed by atoms with Crippen molar-refractivity contribution in [3.8, 4) is 12.1 Å². The summed E-state index contributed by atoms with van der Waals surface area (Å²) < 4.78 is 31.4. The molecule has 0 fully saturated rings. The predicted molar refractivity (Wildman–Crippen MR) is 155 cm³/mol. The quantitative estimate of drug-likeness (QED) is 0.311. The molecule has 2 unspecified atom stereocenters. The Morgan fingerprint density at radius 2 is 1.64 bits per heavy atom. The van der Waals surface area contributed by atoms with Crippen LogP contribution in [0.15, 0.2) is 60.4 Å².